The Labute approximate surface area is 107 Å². The maximum Gasteiger partial charge on any atom is 0.254 e. The van der Waals surface area contributed by atoms with E-state index < -0.39 is 0 Å². The van der Waals surface area contributed by atoms with Gasteiger partial charge in [-0.1, -0.05) is 6.92 Å². The molecule has 0 N–H and O–H groups in total. The zero-order valence-electron chi connectivity index (χ0n) is 11.4. The number of nitrogens with zero attached hydrogens (tertiary/aromatic N) is 5. The van der Waals surface area contributed by atoms with Crippen molar-refractivity contribution < 1.29 is 0 Å². The van der Waals surface area contributed by atoms with Gasteiger partial charge in [0.15, 0.2) is 0 Å². The number of hydrogen-bond acceptors (Lipinski definition) is 4. The molecule has 1 aliphatic rings. The molecule has 2 aromatic rings. The molecule has 0 radical (unpaired) electrons. The second kappa shape index (κ2) is 3.93. The average molecular weight is 245 g/mol. The molecule has 5 heteroatoms. The van der Waals surface area contributed by atoms with E-state index in [1.165, 1.54) is 12.0 Å². The molecule has 18 heavy (non-hydrogen) atoms. The predicted octanol–water partition coefficient (Wildman–Crippen LogP) is 1.98. The summed E-state index contributed by atoms with van der Waals surface area (Å²) in [5.74, 6) is 2.57. The minimum atomic E-state index is 0.540. The molecule has 0 aliphatic carbocycles. The fourth-order valence-corrected chi connectivity index (χ4v) is 2.75. The highest BCUT2D eigenvalue weighted by Gasteiger charge is 2.30. The Morgan fingerprint density at radius 1 is 1.28 bits per heavy atom. The molecule has 2 unspecified atom stereocenters. The van der Waals surface area contributed by atoms with Crippen LogP contribution in [0.1, 0.15) is 31.5 Å². The molecule has 3 heterocycles. The van der Waals surface area contributed by atoms with Crippen molar-refractivity contribution in [1.29, 1.82) is 0 Å². The van der Waals surface area contributed by atoms with Crippen LogP contribution in [0.3, 0.4) is 0 Å². The first kappa shape index (κ1) is 11.4. The van der Waals surface area contributed by atoms with Gasteiger partial charge in [-0.25, -0.2) is 4.98 Å². The Bertz CT molecular complexity index is 588. The maximum absolute atomic E-state index is 4.47. The molecule has 2 atom stereocenters. The maximum atomic E-state index is 4.47. The van der Waals surface area contributed by atoms with E-state index >= 15 is 0 Å². The van der Waals surface area contributed by atoms with Crippen molar-refractivity contribution in [3.05, 3.63) is 17.6 Å². The minimum absolute atomic E-state index is 0.540. The summed E-state index contributed by atoms with van der Waals surface area (Å²) in [6, 6.07) is 0.540. The van der Waals surface area contributed by atoms with Crippen molar-refractivity contribution in [2.75, 3.05) is 11.4 Å². The molecule has 0 amide bonds. The summed E-state index contributed by atoms with van der Waals surface area (Å²) in [7, 11) is 0. The number of fused-ring (bicyclic) bond motifs is 1. The monoisotopic (exact) mass is 245 g/mol. The number of anilines is 1. The van der Waals surface area contributed by atoms with Gasteiger partial charge >= 0.3 is 0 Å². The van der Waals surface area contributed by atoms with Crippen LogP contribution < -0.4 is 4.90 Å². The Hall–Kier alpha value is -1.65. The van der Waals surface area contributed by atoms with E-state index in [0.717, 1.165) is 24.0 Å². The summed E-state index contributed by atoms with van der Waals surface area (Å²) >= 11 is 0. The molecule has 0 spiro atoms. The Morgan fingerprint density at radius 3 is 2.72 bits per heavy atom. The zero-order valence-corrected chi connectivity index (χ0v) is 11.4. The van der Waals surface area contributed by atoms with Crippen LogP contribution in [0, 0.1) is 19.8 Å². The largest absolute Gasteiger partial charge is 0.353 e. The predicted molar refractivity (Wildman–Crippen MR) is 70.8 cm³/mol. The number of hydrogen-bond donors (Lipinski definition) is 0. The highest BCUT2D eigenvalue weighted by molar-refractivity contribution is 5.55. The van der Waals surface area contributed by atoms with Crippen molar-refractivity contribution in [3.8, 4) is 0 Å². The van der Waals surface area contributed by atoms with Gasteiger partial charge in [0.1, 0.15) is 12.1 Å². The van der Waals surface area contributed by atoms with E-state index in [1.807, 2.05) is 11.4 Å². The van der Waals surface area contributed by atoms with E-state index in [9.17, 15) is 0 Å². The molecule has 1 saturated heterocycles. The standard InChI is InChI=1S/C13H19N5/c1-8-5-6-17(11(8)4)12-9(2)10(3)16-13-14-7-15-18(12)13/h7-8,11H,5-6H2,1-4H3. The Balaban J connectivity index is 2.21. The van der Waals surface area contributed by atoms with Crippen molar-refractivity contribution in [1.82, 2.24) is 19.6 Å². The summed E-state index contributed by atoms with van der Waals surface area (Å²) < 4.78 is 1.87. The molecule has 1 fully saturated rings. The molecule has 2 aromatic heterocycles. The summed E-state index contributed by atoms with van der Waals surface area (Å²) in [5, 5.41) is 4.33. The van der Waals surface area contributed by atoms with Gasteiger partial charge in [-0.15, -0.1) is 0 Å². The van der Waals surface area contributed by atoms with Crippen LogP contribution >= 0.6 is 0 Å². The first-order valence-corrected chi connectivity index (χ1v) is 6.53. The first-order valence-electron chi connectivity index (χ1n) is 6.53. The smallest absolute Gasteiger partial charge is 0.254 e. The third-order valence-corrected chi connectivity index (χ3v) is 4.29. The molecule has 3 rings (SSSR count). The molecule has 96 valence electrons. The van der Waals surface area contributed by atoms with E-state index in [0.29, 0.717) is 11.8 Å². The first-order chi connectivity index (χ1) is 8.59. The average Bonchev–Trinajstić information content (AvgIpc) is 2.91. The summed E-state index contributed by atoms with van der Waals surface area (Å²) in [6.45, 7) is 9.84. The normalized spacial score (nSPS) is 24.1. The fraction of sp³-hybridized carbons (Fsp3) is 0.615. The van der Waals surface area contributed by atoms with Gasteiger partial charge in [-0.3, -0.25) is 0 Å². The van der Waals surface area contributed by atoms with Crippen molar-refractivity contribution in [3.63, 3.8) is 0 Å². The fourth-order valence-electron chi connectivity index (χ4n) is 2.75. The summed E-state index contributed by atoms with van der Waals surface area (Å²) in [4.78, 5) is 11.1. The van der Waals surface area contributed by atoms with Gasteiger partial charge in [-0.2, -0.15) is 14.6 Å². The summed E-state index contributed by atoms with van der Waals surface area (Å²) in [5.41, 5.74) is 2.24. The van der Waals surface area contributed by atoms with E-state index in [4.69, 9.17) is 0 Å². The number of rotatable bonds is 1. The zero-order chi connectivity index (χ0) is 12.9. The summed E-state index contributed by atoms with van der Waals surface area (Å²) in [6.07, 6.45) is 2.81. The van der Waals surface area contributed by atoms with Crippen LogP contribution in [-0.4, -0.2) is 32.2 Å². The van der Waals surface area contributed by atoms with Crippen LogP contribution in [0.5, 0.6) is 0 Å². The highest BCUT2D eigenvalue weighted by atomic mass is 15.4. The topological polar surface area (TPSA) is 46.3 Å². The number of aryl methyl sites for hydroxylation is 1. The SMILES string of the molecule is Cc1nc2ncnn2c(N2CCC(C)C2C)c1C. The molecule has 1 aliphatic heterocycles. The second-order valence-electron chi connectivity index (χ2n) is 5.32. The third kappa shape index (κ3) is 1.50. The molecule has 0 bridgehead atoms. The molecular weight excluding hydrogens is 226 g/mol. The lowest BCUT2D eigenvalue weighted by Gasteiger charge is -2.27. The lowest BCUT2D eigenvalue weighted by molar-refractivity contribution is 0.542. The van der Waals surface area contributed by atoms with Crippen LogP contribution in [0.25, 0.3) is 5.78 Å². The Kier molecular flexibility index (Phi) is 2.50. The van der Waals surface area contributed by atoms with Gasteiger partial charge in [-0.05, 0) is 33.1 Å². The van der Waals surface area contributed by atoms with E-state index in [2.05, 4.69) is 40.7 Å². The molecule has 5 nitrogen and oxygen atoms in total. The van der Waals surface area contributed by atoms with Crippen LogP contribution in [0.15, 0.2) is 6.33 Å². The van der Waals surface area contributed by atoms with Crippen LogP contribution in [0.2, 0.25) is 0 Å². The van der Waals surface area contributed by atoms with Crippen LogP contribution in [0.4, 0.5) is 5.82 Å². The molecule has 0 saturated carbocycles. The minimum Gasteiger partial charge on any atom is -0.353 e. The van der Waals surface area contributed by atoms with Crippen LogP contribution in [-0.2, 0) is 0 Å². The van der Waals surface area contributed by atoms with Gasteiger partial charge in [0, 0.05) is 23.8 Å². The highest BCUT2D eigenvalue weighted by Crippen LogP contribution is 2.32. The van der Waals surface area contributed by atoms with E-state index in [1.54, 1.807) is 6.33 Å². The number of aromatic nitrogens is 4. The van der Waals surface area contributed by atoms with Gasteiger partial charge in [0.05, 0.1) is 0 Å². The second-order valence-corrected chi connectivity index (χ2v) is 5.32. The van der Waals surface area contributed by atoms with Gasteiger partial charge < -0.3 is 4.90 Å². The third-order valence-electron chi connectivity index (χ3n) is 4.29. The van der Waals surface area contributed by atoms with Crippen molar-refractivity contribution in [2.45, 2.75) is 40.2 Å². The van der Waals surface area contributed by atoms with Crippen molar-refractivity contribution >= 4 is 11.6 Å². The molecular formula is C13H19N5. The lowest BCUT2D eigenvalue weighted by atomic mass is 10.1. The quantitative estimate of drug-likeness (QED) is 0.770. The van der Waals surface area contributed by atoms with Crippen molar-refractivity contribution in [2.24, 2.45) is 5.92 Å². The van der Waals surface area contributed by atoms with Gasteiger partial charge in [0.25, 0.3) is 5.78 Å². The van der Waals surface area contributed by atoms with Gasteiger partial charge in [0.2, 0.25) is 0 Å². The molecule has 0 aromatic carbocycles. The lowest BCUT2D eigenvalue weighted by Crippen LogP contribution is -2.32. The van der Waals surface area contributed by atoms with E-state index in [-0.39, 0.29) is 0 Å². The Morgan fingerprint density at radius 2 is 2.06 bits per heavy atom.